The summed E-state index contributed by atoms with van der Waals surface area (Å²) in [6, 6.07) is 0. The molecule has 0 fully saturated rings. The molecule has 1 rings (SSSR count). The Balaban J connectivity index is 2.41. The lowest BCUT2D eigenvalue weighted by atomic mass is 10.1. The molecule has 5 heteroatoms. The smallest absolute Gasteiger partial charge is 0.255 e. The zero-order chi connectivity index (χ0) is 13.7. The fourth-order valence-electron chi connectivity index (χ4n) is 1.79. The fourth-order valence-corrected chi connectivity index (χ4v) is 1.79. The van der Waals surface area contributed by atoms with E-state index < -0.39 is 0 Å². The molecule has 1 atom stereocenters. The van der Waals surface area contributed by atoms with Crippen molar-refractivity contribution in [2.45, 2.75) is 33.8 Å². The Morgan fingerprint density at radius 1 is 1.28 bits per heavy atom. The minimum absolute atomic E-state index is 0.110. The molecule has 0 radical (unpaired) electrons. The highest BCUT2D eigenvalue weighted by molar-refractivity contribution is 5.96. The zero-order valence-corrected chi connectivity index (χ0v) is 11.5. The molecule has 0 aromatic carbocycles. The fraction of sp³-hybridized carbons (Fsp3) is 0.615. The van der Waals surface area contributed by atoms with Crippen molar-refractivity contribution in [3.63, 3.8) is 0 Å². The number of carbonyl (C=O) groups is 1. The summed E-state index contributed by atoms with van der Waals surface area (Å²) >= 11 is 0. The molecule has 102 valence electrons. The Hall–Kier alpha value is -1.33. The van der Waals surface area contributed by atoms with Crippen LogP contribution in [-0.4, -0.2) is 36.8 Å². The van der Waals surface area contributed by atoms with Crippen molar-refractivity contribution in [3.8, 4) is 0 Å². The molecule has 1 amide bonds. The number of aryl methyl sites for hydroxylation is 2. The molecule has 5 nitrogen and oxygen atoms in total. The van der Waals surface area contributed by atoms with Gasteiger partial charge in [-0.25, -0.2) is 0 Å². The van der Waals surface area contributed by atoms with Crippen molar-refractivity contribution >= 4 is 5.91 Å². The van der Waals surface area contributed by atoms with Crippen LogP contribution in [0.15, 0.2) is 4.42 Å². The van der Waals surface area contributed by atoms with Crippen molar-refractivity contribution in [1.29, 1.82) is 0 Å². The summed E-state index contributed by atoms with van der Waals surface area (Å²) in [6.07, 6.45) is -0.373. The van der Waals surface area contributed by atoms with Gasteiger partial charge in [-0.2, -0.15) is 0 Å². The Bertz CT molecular complexity index is 411. The van der Waals surface area contributed by atoms with Crippen LogP contribution >= 0.6 is 0 Å². The van der Waals surface area contributed by atoms with Gasteiger partial charge in [0.15, 0.2) is 0 Å². The van der Waals surface area contributed by atoms with Crippen LogP contribution in [0.2, 0.25) is 0 Å². The normalized spacial score (nSPS) is 12.5. The molecule has 0 saturated heterocycles. The van der Waals surface area contributed by atoms with Gasteiger partial charge in [0.2, 0.25) is 0 Å². The van der Waals surface area contributed by atoms with Gasteiger partial charge in [0, 0.05) is 25.2 Å². The van der Waals surface area contributed by atoms with E-state index in [0.29, 0.717) is 31.0 Å². The molecule has 0 aliphatic rings. The predicted octanol–water partition coefficient (Wildman–Crippen LogP) is 0.905. The van der Waals surface area contributed by atoms with Crippen LogP contribution in [0, 0.1) is 20.8 Å². The first kappa shape index (κ1) is 14.7. The number of nitrogens with one attached hydrogen (secondary N) is 2. The Morgan fingerprint density at radius 2 is 1.94 bits per heavy atom. The number of rotatable bonds is 6. The van der Waals surface area contributed by atoms with Crippen LogP contribution in [0.1, 0.15) is 34.4 Å². The molecule has 0 saturated carbocycles. The number of amides is 1. The first-order valence-electron chi connectivity index (χ1n) is 6.17. The van der Waals surface area contributed by atoms with E-state index in [2.05, 4.69) is 10.6 Å². The van der Waals surface area contributed by atoms with Crippen molar-refractivity contribution in [1.82, 2.24) is 10.6 Å². The van der Waals surface area contributed by atoms with E-state index in [1.165, 1.54) is 0 Å². The van der Waals surface area contributed by atoms with Gasteiger partial charge >= 0.3 is 0 Å². The van der Waals surface area contributed by atoms with Gasteiger partial charge in [-0.3, -0.25) is 4.79 Å². The van der Waals surface area contributed by atoms with Gasteiger partial charge < -0.3 is 20.2 Å². The number of aliphatic hydroxyl groups is 1. The Morgan fingerprint density at radius 3 is 2.44 bits per heavy atom. The summed E-state index contributed by atoms with van der Waals surface area (Å²) < 4.78 is 5.42. The minimum atomic E-state index is -0.373. The maximum absolute atomic E-state index is 11.9. The molecular weight excluding hydrogens is 232 g/mol. The highest BCUT2D eigenvalue weighted by Crippen LogP contribution is 2.20. The van der Waals surface area contributed by atoms with Gasteiger partial charge in [0.25, 0.3) is 5.91 Å². The Kier molecular flexibility index (Phi) is 5.37. The van der Waals surface area contributed by atoms with E-state index in [1.54, 1.807) is 13.8 Å². The molecule has 18 heavy (non-hydrogen) atoms. The van der Waals surface area contributed by atoms with E-state index in [4.69, 9.17) is 9.52 Å². The Labute approximate surface area is 108 Å². The average Bonchev–Trinajstić information content (AvgIpc) is 2.52. The second-order valence-electron chi connectivity index (χ2n) is 4.52. The molecule has 0 bridgehead atoms. The third-order valence-corrected chi connectivity index (χ3v) is 2.82. The van der Waals surface area contributed by atoms with E-state index in [1.807, 2.05) is 13.8 Å². The standard InChI is InChI=1S/C13H22N2O3/c1-8(16)7-14-5-6-15-13(17)12-9(2)10(3)18-11(12)4/h8,14,16H,5-7H2,1-4H3,(H,15,17). The minimum Gasteiger partial charge on any atom is -0.466 e. The van der Waals surface area contributed by atoms with E-state index in [-0.39, 0.29) is 12.0 Å². The topological polar surface area (TPSA) is 74.5 Å². The molecule has 1 aromatic heterocycles. The monoisotopic (exact) mass is 254 g/mol. The van der Waals surface area contributed by atoms with Crippen LogP contribution in [-0.2, 0) is 0 Å². The first-order chi connectivity index (χ1) is 8.43. The molecule has 1 heterocycles. The van der Waals surface area contributed by atoms with Crippen LogP contribution in [0.3, 0.4) is 0 Å². The lowest BCUT2D eigenvalue weighted by Crippen LogP contribution is -2.34. The lowest BCUT2D eigenvalue weighted by molar-refractivity contribution is 0.0951. The number of hydrogen-bond donors (Lipinski definition) is 3. The lowest BCUT2D eigenvalue weighted by Gasteiger charge is -2.08. The SMILES string of the molecule is Cc1oc(C)c(C(=O)NCCNCC(C)O)c1C. The van der Waals surface area contributed by atoms with Crippen molar-refractivity contribution < 1.29 is 14.3 Å². The van der Waals surface area contributed by atoms with Crippen LogP contribution in [0.4, 0.5) is 0 Å². The largest absolute Gasteiger partial charge is 0.466 e. The van der Waals surface area contributed by atoms with Gasteiger partial charge in [0.05, 0.1) is 11.7 Å². The molecular formula is C13H22N2O3. The highest BCUT2D eigenvalue weighted by Gasteiger charge is 2.17. The third kappa shape index (κ3) is 3.85. The maximum atomic E-state index is 11.9. The molecule has 0 aliphatic carbocycles. The summed E-state index contributed by atoms with van der Waals surface area (Å²) in [7, 11) is 0. The van der Waals surface area contributed by atoms with Gasteiger partial charge in [-0.1, -0.05) is 0 Å². The molecule has 3 N–H and O–H groups in total. The number of aliphatic hydroxyl groups excluding tert-OH is 1. The predicted molar refractivity (Wildman–Crippen MR) is 69.8 cm³/mol. The van der Waals surface area contributed by atoms with Gasteiger partial charge in [-0.15, -0.1) is 0 Å². The van der Waals surface area contributed by atoms with Crippen LogP contribution in [0.25, 0.3) is 0 Å². The second-order valence-corrected chi connectivity index (χ2v) is 4.52. The molecule has 0 spiro atoms. The number of carbonyl (C=O) groups excluding carboxylic acids is 1. The summed E-state index contributed by atoms with van der Waals surface area (Å²) in [4.78, 5) is 11.9. The summed E-state index contributed by atoms with van der Waals surface area (Å²) in [5, 5.41) is 14.9. The van der Waals surface area contributed by atoms with Crippen molar-refractivity contribution in [3.05, 3.63) is 22.6 Å². The molecule has 1 unspecified atom stereocenters. The average molecular weight is 254 g/mol. The summed E-state index contributed by atoms with van der Waals surface area (Å²) in [5.41, 5.74) is 1.52. The van der Waals surface area contributed by atoms with Gasteiger partial charge in [0.1, 0.15) is 11.5 Å². The van der Waals surface area contributed by atoms with E-state index >= 15 is 0 Å². The molecule has 1 aromatic rings. The quantitative estimate of drug-likeness (QED) is 0.660. The zero-order valence-electron chi connectivity index (χ0n) is 11.5. The van der Waals surface area contributed by atoms with Gasteiger partial charge in [-0.05, 0) is 27.7 Å². The van der Waals surface area contributed by atoms with Crippen LogP contribution in [0.5, 0.6) is 0 Å². The summed E-state index contributed by atoms with van der Waals surface area (Å²) in [6.45, 7) is 8.92. The second kappa shape index (κ2) is 6.56. The van der Waals surface area contributed by atoms with Crippen molar-refractivity contribution in [2.75, 3.05) is 19.6 Å². The summed E-state index contributed by atoms with van der Waals surface area (Å²) in [5.74, 6) is 1.32. The van der Waals surface area contributed by atoms with E-state index in [9.17, 15) is 4.79 Å². The first-order valence-corrected chi connectivity index (χ1v) is 6.17. The van der Waals surface area contributed by atoms with Crippen LogP contribution < -0.4 is 10.6 Å². The molecule has 0 aliphatic heterocycles. The number of hydrogen-bond acceptors (Lipinski definition) is 4. The van der Waals surface area contributed by atoms with E-state index in [0.717, 1.165) is 11.3 Å². The third-order valence-electron chi connectivity index (χ3n) is 2.82. The number of furan rings is 1. The maximum Gasteiger partial charge on any atom is 0.255 e. The van der Waals surface area contributed by atoms with Crippen molar-refractivity contribution in [2.24, 2.45) is 0 Å². The highest BCUT2D eigenvalue weighted by atomic mass is 16.3.